The predicted octanol–water partition coefficient (Wildman–Crippen LogP) is 3.42. The topological polar surface area (TPSA) is 124 Å². The second-order valence-electron chi connectivity index (χ2n) is 8.14. The Bertz CT molecular complexity index is 1390. The Morgan fingerprint density at radius 1 is 1.19 bits per heavy atom. The number of nitrogen functional groups attached to an aromatic ring is 1. The van der Waals surface area contributed by atoms with Crippen molar-refractivity contribution in [2.24, 2.45) is 0 Å². The molecule has 0 fully saturated rings. The Labute approximate surface area is 198 Å². The number of ether oxygens (including phenoxy) is 1. The van der Waals surface area contributed by atoms with E-state index < -0.39 is 48.0 Å². The highest BCUT2D eigenvalue weighted by atomic mass is 19.4. The van der Waals surface area contributed by atoms with Gasteiger partial charge in [0.05, 0.1) is 17.7 Å². The molecule has 0 saturated carbocycles. The number of aryl methyl sites for hydroxylation is 1. The summed E-state index contributed by atoms with van der Waals surface area (Å²) < 4.78 is 84.7. The third-order valence-electron chi connectivity index (χ3n) is 5.77. The van der Waals surface area contributed by atoms with Crippen molar-refractivity contribution in [3.8, 4) is 11.5 Å². The van der Waals surface area contributed by atoms with E-state index in [9.17, 15) is 35.9 Å². The lowest BCUT2D eigenvalue weighted by atomic mass is 9.84. The van der Waals surface area contributed by atoms with E-state index in [4.69, 9.17) is 10.5 Å². The Kier molecular flexibility index (Phi) is 5.84. The number of alkyl halides is 5. The van der Waals surface area contributed by atoms with Crippen molar-refractivity contribution in [1.82, 2.24) is 19.4 Å². The first-order valence-electron chi connectivity index (χ1n) is 10.5. The number of fused-ring (bicyclic) bond motifs is 2. The highest BCUT2D eigenvalue weighted by molar-refractivity contribution is 6.19. The van der Waals surface area contributed by atoms with Crippen molar-refractivity contribution in [3.05, 3.63) is 35.5 Å². The molecular formula is C21H18F6N6O3. The summed E-state index contributed by atoms with van der Waals surface area (Å²) in [5.74, 6) is -8.45. The average Bonchev–Trinajstić information content (AvgIpc) is 3.26. The Morgan fingerprint density at radius 3 is 2.53 bits per heavy atom. The first-order chi connectivity index (χ1) is 16.7. The van der Waals surface area contributed by atoms with Crippen molar-refractivity contribution in [1.29, 1.82) is 0 Å². The normalized spacial score (nSPS) is 17.8. The molecule has 3 aromatic heterocycles. The van der Waals surface area contributed by atoms with E-state index in [1.807, 2.05) is 0 Å². The molecule has 0 radical (unpaired) electrons. The number of hydrogen-bond acceptors (Lipinski definition) is 7. The Hall–Kier alpha value is -3.91. The molecule has 192 valence electrons. The molecule has 0 aromatic carbocycles. The van der Waals surface area contributed by atoms with E-state index in [0.29, 0.717) is 0 Å². The minimum Gasteiger partial charge on any atom is -0.465 e. The van der Waals surface area contributed by atoms with Crippen molar-refractivity contribution in [2.45, 2.75) is 44.2 Å². The molecule has 0 aliphatic carbocycles. The van der Waals surface area contributed by atoms with E-state index in [1.165, 1.54) is 13.0 Å². The van der Waals surface area contributed by atoms with Gasteiger partial charge in [-0.2, -0.15) is 22.0 Å². The van der Waals surface area contributed by atoms with Gasteiger partial charge in [0.15, 0.2) is 11.2 Å². The fourth-order valence-corrected chi connectivity index (χ4v) is 3.86. The predicted molar refractivity (Wildman–Crippen MR) is 113 cm³/mol. The van der Waals surface area contributed by atoms with Crippen LogP contribution in [0.1, 0.15) is 31.7 Å². The van der Waals surface area contributed by atoms with Crippen LogP contribution in [0.5, 0.6) is 0 Å². The van der Waals surface area contributed by atoms with Gasteiger partial charge in [0.2, 0.25) is 5.91 Å². The summed E-state index contributed by atoms with van der Waals surface area (Å²) in [4.78, 5) is 37.5. The van der Waals surface area contributed by atoms with Crippen LogP contribution in [0.3, 0.4) is 0 Å². The summed E-state index contributed by atoms with van der Waals surface area (Å²) in [5, 5.41) is 2.41. The van der Waals surface area contributed by atoms with Gasteiger partial charge in [0, 0.05) is 19.0 Å². The third-order valence-corrected chi connectivity index (χ3v) is 5.77. The fourth-order valence-electron chi connectivity index (χ4n) is 3.86. The number of rotatable bonds is 6. The van der Waals surface area contributed by atoms with Crippen LogP contribution in [0.2, 0.25) is 0 Å². The molecule has 3 aromatic rings. The fraction of sp³-hybridized carbons (Fsp3) is 0.381. The minimum absolute atomic E-state index is 0.0107. The molecule has 1 atom stereocenters. The van der Waals surface area contributed by atoms with Crippen LogP contribution in [0.4, 0.5) is 38.0 Å². The van der Waals surface area contributed by atoms with Crippen molar-refractivity contribution >= 4 is 29.0 Å². The molecule has 4 heterocycles. The van der Waals surface area contributed by atoms with Gasteiger partial charge in [-0.25, -0.2) is 19.3 Å². The van der Waals surface area contributed by atoms with Gasteiger partial charge < -0.3 is 20.2 Å². The van der Waals surface area contributed by atoms with Crippen molar-refractivity contribution < 1.29 is 40.7 Å². The maximum atomic E-state index is 13.9. The van der Waals surface area contributed by atoms with E-state index in [0.717, 1.165) is 16.7 Å². The van der Waals surface area contributed by atoms with E-state index in [2.05, 4.69) is 20.3 Å². The number of imidazole rings is 1. The van der Waals surface area contributed by atoms with Gasteiger partial charge in [0.1, 0.15) is 29.0 Å². The number of nitrogens with one attached hydrogen (secondary N) is 1. The Morgan fingerprint density at radius 2 is 1.89 bits per heavy atom. The number of hydrogen-bond donors (Lipinski definition) is 2. The van der Waals surface area contributed by atoms with Gasteiger partial charge in [0.25, 0.3) is 0 Å². The molecule has 1 amide bonds. The largest absolute Gasteiger partial charge is 0.465 e. The number of carbonyl (C=O) groups is 2. The standard InChI is InChI=1S/C21H18F6N6O3/c1-3-36-18(35)19(2)12-14(28)30-16(31-15(12)32-17(19)34)13-10-5-4-9(22)8-33(10)11(29-13)6-7-20(23,24)21(25,26)27/h4-5,8H,3,6-7H2,1-2H3,(H3,28,30,31,32,34). The molecular weight excluding hydrogens is 498 g/mol. The summed E-state index contributed by atoms with van der Waals surface area (Å²) >= 11 is 0. The summed E-state index contributed by atoms with van der Waals surface area (Å²) in [6.07, 6.45) is -7.40. The summed E-state index contributed by atoms with van der Waals surface area (Å²) in [6.45, 7) is 2.81. The SMILES string of the molecule is CCOC(=O)C1(C)C(=O)Nc2nc(-c3nc(CCC(F)(F)C(F)(F)F)n4cc(F)ccc34)nc(N)c21. The lowest BCUT2D eigenvalue weighted by Gasteiger charge is -2.20. The zero-order valence-electron chi connectivity index (χ0n) is 18.7. The molecule has 0 saturated heterocycles. The highest BCUT2D eigenvalue weighted by Gasteiger charge is 2.57. The molecule has 3 N–H and O–H groups in total. The zero-order chi connectivity index (χ0) is 26.6. The molecule has 1 unspecified atom stereocenters. The number of nitrogens with two attached hydrogens (primary N) is 1. The number of carbonyl (C=O) groups excluding carboxylic acids is 2. The number of nitrogens with zero attached hydrogens (tertiary/aromatic N) is 4. The summed E-state index contributed by atoms with van der Waals surface area (Å²) in [5.41, 5.74) is 4.12. The third kappa shape index (κ3) is 3.87. The van der Waals surface area contributed by atoms with E-state index >= 15 is 0 Å². The van der Waals surface area contributed by atoms with Crippen LogP contribution < -0.4 is 11.1 Å². The van der Waals surface area contributed by atoms with Gasteiger partial charge in [-0.1, -0.05) is 0 Å². The smallest absolute Gasteiger partial charge is 0.453 e. The summed E-state index contributed by atoms with van der Waals surface area (Å²) in [6, 6.07) is 2.22. The minimum atomic E-state index is -5.77. The molecule has 0 spiro atoms. The molecule has 9 nitrogen and oxygen atoms in total. The number of pyridine rings is 1. The lowest BCUT2D eigenvalue weighted by molar-refractivity contribution is -0.284. The summed E-state index contributed by atoms with van der Waals surface area (Å²) in [7, 11) is 0. The number of halogens is 6. The van der Waals surface area contributed by atoms with E-state index in [1.54, 1.807) is 6.92 Å². The van der Waals surface area contributed by atoms with Gasteiger partial charge in [-0.05, 0) is 26.0 Å². The van der Waals surface area contributed by atoms with Crippen LogP contribution in [0.15, 0.2) is 18.3 Å². The zero-order valence-corrected chi connectivity index (χ0v) is 18.7. The average molecular weight is 516 g/mol. The number of anilines is 2. The quantitative estimate of drug-likeness (QED) is 0.292. The maximum Gasteiger partial charge on any atom is 0.453 e. The number of aromatic nitrogens is 4. The maximum absolute atomic E-state index is 13.9. The molecule has 0 bridgehead atoms. The van der Waals surface area contributed by atoms with Crippen LogP contribution in [-0.2, 0) is 26.2 Å². The molecule has 4 rings (SSSR count). The van der Waals surface area contributed by atoms with Crippen LogP contribution in [0, 0.1) is 5.82 Å². The second kappa shape index (κ2) is 8.34. The van der Waals surface area contributed by atoms with Crippen LogP contribution >= 0.6 is 0 Å². The van der Waals surface area contributed by atoms with Gasteiger partial charge in [-0.15, -0.1) is 0 Å². The highest BCUT2D eigenvalue weighted by Crippen LogP contribution is 2.42. The molecule has 36 heavy (non-hydrogen) atoms. The first kappa shape index (κ1) is 25.2. The number of esters is 1. The van der Waals surface area contributed by atoms with Crippen molar-refractivity contribution in [2.75, 3.05) is 17.7 Å². The van der Waals surface area contributed by atoms with Crippen LogP contribution in [0.25, 0.3) is 17.0 Å². The molecule has 1 aliphatic heterocycles. The second-order valence-corrected chi connectivity index (χ2v) is 8.14. The van der Waals surface area contributed by atoms with Crippen LogP contribution in [-0.4, -0.2) is 49.9 Å². The van der Waals surface area contributed by atoms with Crippen molar-refractivity contribution in [3.63, 3.8) is 0 Å². The van der Waals surface area contributed by atoms with Gasteiger partial charge in [-0.3, -0.25) is 9.59 Å². The first-order valence-corrected chi connectivity index (χ1v) is 10.5. The van der Waals surface area contributed by atoms with Gasteiger partial charge >= 0.3 is 18.1 Å². The molecule has 1 aliphatic rings. The monoisotopic (exact) mass is 516 g/mol. The number of amides is 1. The molecule has 15 heteroatoms. The Balaban J connectivity index is 1.81. The lowest BCUT2D eigenvalue weighted by Crippen LogP contribution is -2.41. The van der Waals surface area contributed by atoms with E-state index in [-0.39, 0.29) is 46.7 Å².